The average Bonchev–Trinajstić information content (AvgIpc) is 2.89. The van der Waals surface area contributed by atoms with Gasteiger partial charge in [-0.1, -0.05) is 30.3 Å². The number of aldehydes is 1. The number of likely N-dealkylation sites (N-methyl/N-ethyl adjacent to an activating group) is 1. The summed E-state index contributed by atoms with van der Waals surface area (Å²) in [5, 5.41) is 16.8. The monoisotopic (exact) mass is 570 g/mol. The zero-order valence-corrected chi connectivity index (χ0v) is 24.9. The number of anilines is 1. The van der Waals surface area contributed by atoms with Gasteiger partial charge < -0.3 is 30.2 Å². The normalized spacial score (nSPS) is 17.8. The maximum Gasteiger partial charge on any atom is 0.273 e. The maximum atomic E-state index is 15.7. The third-order valence-corrected chi connectivity index (χ3v) is 7.33. The molecule has 3 rings (SSSR count). The quantitative estimate of drug-likeness (QED) is 0.250. The number of hydrogen-bond donors (Lipinski definition) is 3. The van der Waals surface area contributed by atoms with E-state index in [9.17, 15) is 19.5 Å². The summed E-state index contributed by atoms with van der Waals surface area (Å²) < 4.78 is 21.9. The molecule has 3 N–H and O–H groups in total. The van der Waals surface area contributed by atoms with Crippen LogP contribution in [0.3, 0.4) is 0 Å². The highest BCUT2D eigenvalue weighted by atomic mass is 19.1. The average molecular weight is 571 g/mol. The summed E-state index contributed by atoms with van der Waals surface area (Å²) >= 11 is 0. The van der Waals surface area contributed by atoms with Gasteiger partial charge in [-0.25, -0.2) is 4.39 Å². The highest BCUT2D eigenvalue weighted by molar-refractivity contribution is 5.86. The molecule has 1 saturated heterocycles. The number of aryl methyl sites for hydroxylation is 1. The largest absolute Gasteiger partial charge is 0.381 e. The van der Waals surface area contributed by atoms with E-state index in [-0.39, 0.29) is 43.0 Å². The highest BCUT2D eigenvalue weighted by Gasteiger charge is 2.41. The number of halogens is 1. The van der Waals surface area contributed by atoms with Crippen LogP contribution in [-0.4, -0.2) is 70.6 Å². The fourth-order valence-electron chi connectivity index (χ4n) is 5.73. The van der Waals surface area contributed by atoms with Crippen LogP contribution >= 0.6 is 0 Å². The molecule has 0 spiro atoms. The number of nitrogens with zero attached hydrogens (tertiary/aromatic N) is 2. The predicted octanol–water partition coefficient (Wildman–Crippen LogP) is 3.51. The molecule has 0 aromatic heterocycles. The minimum atomic E-state index is -2.21. The van der Waals surface area contributed by atoms with Crippen molar-refractivity contribution in [2.45, 2.75) is 84.0 Å². The number of amides is 2. The Balaban J connectivity index is 1.82. The van der Waals surface area contributed by atoms with Crippen LogP contribution in [0.4, 0.5) is 10.1 Å². The predicted molar refractivity (Wildman–Crippen MR) is 155 cm³/mol. The molecule has 9 nitrogen and oxygen atoms in total. The molecule has 0 aliphatic carbocycles. The lowest BCUT2D eigenvalue weighted by molar-refractivity contribution is -0.182. The first-order chi connectivity index (χ1) is 19.2. The van der Waals surface area contributed by atoms with Gasteiger partial charge in [-0.3, -0.25) is 14.5 Å². The Bertz CT molecular complexity index is 1240. The molecule has 41 heavy (non-hydrogen) atoms. The van der Waals surface area contributed by atoms with Crippen molar-refractivity contribution in [1.29, 1.82) is 0 Å². The smallest absolute Gasteiger partial charge is 0.273 e. The summed E-state index contributed by atoms with van der Waals surface area (Å²) in [6.07, 6.45) is 0.621. The van der Waals surface area contributed by atoms with E-state index in [0.717, 1.165) is 10.5 Å². The van der Waals surface area contributed by atoms with Crippen LogP contribution in [0.15, 0.2) is 36.4 Å². The van der Waals surface area contributed by atoms with Gasteiger partial charge in [0.1, 0.15) is 12.1 Å². The van der Waals surface area contributed by atoms with E-state index in [0.29, 0.717) is 54.7 Å². The number of aliphatic hydroxyl groups is 1. The number of carbonyl (C=O) groups is 3. The number of carbonyl (C=O) groups excluding carboxylic acids is 3. The van der Waals surface area contributed by atoms with E-state index >= 15 is 4.39 Å². The molecule has 0 radical (unpaired) electrons. The Hall–Kier alpha value is -3.34. The number of morpholine rings is 1. The van der Waals surface area contributed by atoms with Crippen molar-refractivity contribution in [2.75, 3.05) is 25.5 Å². The second-order valence-corrected chi connectivity index (χ2v) is 11.9. The van der Waals surface area contributed by atoms with E-state index < -0.39 is 11.6 Å². The van der Waals surface area contributed by atoms with Gasteiger partial charge in [0.05, 0.1) is 17.7 Å². The number of ether oxygens (including phenoxy) is 1. The standard InChI is InChI=1S/C31H43FN4O5/c1-22-10-7-13-26(25(22)18-36(21-38)31(40,14-9-15-37)28(39)33-6)34-16-23-11-8-12-24(27(23)32)17-35-19-29(2,3)41-30(4,5)20-35/h7-8,10-13,15,21,34,40H,9,14,16-20H2,1-6H3,(H,33,39). The lowest BCUT2D eigenvalue weighted by Crippen LogP contribution is -2.57. The van der Waals surface area contributed by atoms with Gasteiger partial charge >= 0.3 is 0 Å². The lowest BCUT2D eigenvalue weighted by Gasteiger charge is -2.47. The molecule has 0 saturated carbocycles. The Labute approximate surface area is 242 Å². The lowest BCUT2D eigenvalue weighted by atomic mass is 9.98. The van der Waals surface area contributed by atoms with Gasteiger partial charge in [-0.2, -0.15) is 0 Å². The maximum absolute atomic E-state index is 15.7. The second kappa shape index (κ2) is 13.1. The van der Waals surface area contributed by atoms with Crippen LogP contribution in [0, 0.1) is 12.7 Å². The molecule has 224 valence electrons. The third-order valence-electron chi connectivity index (χ3n) is 7.33. The van der Waals surface area contributed by atoms with Gasteiger partial charge in [0, 0.05) is 62.9 Å². The van der Waals surface area contributed by atoms with Crippen LogP contribution in [0.2, 0.25) is 0 Å². The molecule has 10 heteroatoms. The molecule has 2 aromatic rings. The summed E-state index contributed by atoms with van der Waals surface area (Å²) in [4.78, 5) is 38.8. The molecular formula is C31H43FN4O5. The van der Waals surface area contributed by atoms with Crippen molar-refractivity contribution >= 4 is 24.3 Å². The van der Waals surface area contributed by atoms with Gasteiger partial charge in [-0.15, -0.1) is 0 Å². The van der Waals surface area contributed by atoms with E-state index in [1.54, 1.807) is 18.2 Å². The fraction of sp³-hybridized carbons (Fsp3) is 0.516. The van der Waals surface area contributed by atoms with Crippen LogP contribution in [0.1, 0.15) is 62.8 Å². The minimum Gasteiger partial charge on any atom is -0.381 e. The summed E-state index contributed by atoms with van der Waals surface area (Å²) in [5.74, 6) is -1.07. The molecule has 1 atom stereocenters. The van der Waals surface area contributed by atoms with E-state index in [4.69, 9.17) is 4.74 Å². The fourth-order valence-corrected chi connectivity index (χ4v) is 5.73. The minimum absolute atomic E-state index is 0.105. The van der Waals surface area contributed by atoms with Crippen molar-refractivity contribution in [1.82, 2.24) is 15.1 Å². The Morgan fingerprint density at radius 2 is 1.76 bits per heavy atom. The Morgan fingerprint density at radius 1 is 1.12 bits per heavy atom. The van der Waals surface area contributed by atoms with Crippen molar-refractivity contribution in [3.63, 3.8) is 0 Å². The summed E-state index contributed by atoms with van der Waals surface area (Å²) in [7, 11) is 1.35. The highest BCUT2D eigenvalue weighted by Crippen LogP contribution is 2.30. The van der Waals surface area contributed by atoms with Gasteiger partial charge in [0.25, 0.3) is 5.91 Å². The van der Waals surface area contributed by atoms with Crippen molar-refractivity contribution in [3.8, 4) is 0 Å². The molecule has 1 fully saturated rings. The number of rotatable bonds is 13. The van der Waals surface area contributed by atoms with Crippen molar-refractivity contribution in [2.24, 2.45) is 0 Å². The van der Waals surface area contributed by atoms with Crippen LogP contribution in [-0.2, 0) is 38.8 Å². The van der Waals surface area contributed by atoms with Gasteiger partial charge in [-0.05, 0) is 51.8 Å². The SMILES string of the molecule is CNC(=O)C(O)(CCC=O)N(C=O)Cc1c(C)cccc1NCc1cccc(CN2CC(C)(C)OC(C)(C)C2)c1F. The molecule has 2 amide bonds. The number of nitrogens with one attached hydrogen (secondary N) is 2. The van der Waals surface area contributed by atoms with E-state index in [1.807, 2.05) is 52.8 Å². The molecule has 1 aliphatic rings. The van der Waals surface area contributed by atoms with E-state index in [1.165, 1.54) is 7.05 Å². The topological polar surface area (TPSA) is 111 Å². The zero-order valence-electron chi connectivity index (χ0n) is 24.9. The number of benzene rings is 2. The summed E-state index contributed by atoms with van der Waals surface area (Å²) in [5.41, 5.74) is 0.289. The Kier molecular flexibility index (Phi) is 10.3. The summed E-state index contributed by atoms with van der Waals surface area (Å²) in [6.45, 7) is 11.9. The molecular weight excluding hydrogens is 527 g/mol. The van der Waals surface area contributed by atoms with E-state index in [2.05, 4.69) is 15.5 Å². The molecule has 1 heterocycles. The zero-order chi connectivity index (χ0) is 30.4. The first kappa shape index (κ1) is 32.2. The molecule has 0 bridgehead atoms. The van der Waals surface area contributed by atoms with Gasteiger partial charge in [0.15, 0.2) is 0 Å². The number of hydrogen-bond acceptors (Lipinski definition) is 7. The van der Waals surface area contributed by atoms with Gasteiger partial charge in [0.2, 0.25) is 12.1 Å². The van der Waals surface area contributed by atoms with Crippen LogP contribution < -0.4 is 10.6 Å². The molecule has 1 aliphatic heterocycles. The second-order valence-electron chi connectivity index (χ2n) is 11.9. The van der Waals surface area contributed by atoms with Crippen LogP contribution in [0.5, 0.6) is 0 Å². The molecule has 2 aromatic carbocycles. The molecule has 1 unspecified atom stereocenters. The summed E-state index contributed by atoms with van der Waals surface area (Å²) in [6, 6.07) is 10.9. The first-order valence-corrected chi connectivity index (χ1v) is 13.9. The third kappa shape index (κ3) is 7.90. The van der Waals surface area contributed by atoms with Crippen molar-refractivity contribution in [3.05, 3.63) is 64.5 Å². The van der Waals surface area contributed by atoms with Crippen LogP contribution in [0.25, 0.3) is 0 Å². The van der Waals surface area contributed by atoms with Crippen molar-refractivity contribution < 1.29 is 28.6 Å². The Morgan fingerprint density at radius 3 is 2.37 bits per heavy atom. The first-order valence-electron chi connectivity index (χ1n) is 13.9.